The van der Waals surface area contributed by atoms with Crippen LogP contribution in [0.15, 0.2) is 47.5 Å². The molecule has 0 atom stereocenters. The van der Waals surface area contributed by atoms with Crippen molar-refractivity contribution in [1.82, 2.24) is 15.0 Å². The van der Waals surface area contributed by atoms with Crippen LogP contribution in [0, 0.1) is 13.8 Å². The lowest BCUT2D eigenvalue weighted by atomic mass is 10.2. The molecule has 0 saturated heterocycles. The summed E-state index contributed by atoms with van der Waals surface area (Å²) in [6.45, 7) is 3.57. The molecule has 0 saturated carbocycles. The Labute approximate surface area is 128 Å². The van der Waals surface area contributed by atoms with Crippen molar-refractivity contribution in [2.24, 2.45) is 0 Å². The number of sulfonamides is 1. The molecule has 22 heavy (non-hydrogen) atoms. The highest BCUT2D eigenvalue weighted by Crippen LogP contribution is 2.22. The third-order valence-corrected chi connectivity index (χ3v) is 4.49. The molecule has 2 heterocycles. The van der Waals surface area contributed by atoms with Crippen LogP contribution in [-0.4, -0.2) is 23.4 Å². The molecular weight excluding hydrogens is 300 g/mol. The van der Waals surface area contributed by atoms with Gasteiger partial charge in [-0.2, -0.15) is 0 Å². The van der Waals surface area contributed by atoms with Crippen molar-refractivity contribution in [1.29, 1.82) is 0 Å². The standard InChI is InChI=1S/C15H14N4O2S/c1-10-9-11(2)18-15(17-10)19-22(20,21)14-7-3-6-13-12(14)5-4-8-16-13/h3-9H,1-2H3,(H,17,18,19). The van der Waals surface area contributed by atoms with Gasteiger partial charge >= 0.3 is 0 Å². The molecule has 0 amide bonds. The highest BCUT2D eigenvalue weighted by atomic mass is 32.2. The van der Waals surface area contributed by atoms with Crippen LogP contribution in [0.1, 0.15) is 11.4 Å². The molecule has 3 rings (SSSR count). The molecule has 0 spiro atoms. The molecule has 0 unspecified atom stereocenters. The van der Waals surface area contributed by atoms with E-state index >= 15 is 0 Å². The van der Waals surface area contributed by atoms with Gasteiger partial charge in [0, 0.05) is 23.0 Å². The zero-order valence-electron chi connectivity index (χ0n) is 12.1. The van der Waals surface area contributed by atoms with Crippen LogP contribution in [0.5, 0.6) is 0 Å². The summed E-state index contributed by atoms with van der Waals surface area (Å²) in [5, 5.41) is 0.557. The highest BCUT2D eigenvalue weighted by Gasteiger charge is 2.19. The molecule has 3 aromatic rings. The van der Waals surface area contributed by atoms with Gasteiger partial charge < -0.3 is 0 Å². The van der Waals surface area contributed by atoms with Gasteiger partial charge in [0.1, 0.15) is 0 Å². The molecule has 0 aliphatic heterocycles. The second kappa shape index (κ2) is 5.34. The van der Waals surface area contributed by atoms with E-state index in [1.807, 2.05) is 0 Å². The summed E-state index contributed by atoms with van der Waals surface area (Å²) in [5.74, 6) is 0.0680. The molecule has 112 valence electrons. The number of benzene rings is 1. The predicted octanol–water partition coefficient (Wildman–Crippen LogP) is 2.44. The number of aryl methyl sites for hydroxylation is 2. The number of aromatic nitrogens is 3. The van der Waals surface area contributed by atoms with Crippen LogP contribution >= 0.6 is 0 Å². The second-order valence-corrected chi connectivity index (χ2v) is 6.56. The van der Waals surface area contributed by atoms with E-state index < -0.39 is 10.0 Å². The molecule has 1 aromatic carbocycles. The first-order chi connectivity index (χ1) is 10.5. The molecule has 0 radical (unpaired) electrons. The summed E-state index contributed by atoms with van der Waals surface area (Å²) >= 11 is 0. The lowest BCUT2D eigenvalue weighted by molar-refractivity contribution is 0.601. The maximum atomic E-state index is 12.6. The molecule has 7 heteroatoms. The van der Waals surface area contributed by atoms with Crippen LogP contribution in [0.25, 0.3) is 10.9 Å². The number of pyridine rings is 1. The Morgan fingerprint density at radius 2 is 1.73 bits per heavy atom. The van der Waals surface area contributed by atoms with E-state index in [0.717, 1.165) is 0 Å². The smallest absolute Gasteiger partial charge is 0.256 e. The third-order valence-electron chi connectivity index (χ3n) is 3.10. The van der Waals surface area contributed by atoms with Crippen LogP contribution in [-0.2, 0) is 10.0 Å². The van der Waals surface area contributed by atoms with Crippen LogP contribution in [0.4, 0.5) is 5.95 Å². The number of nitrogens with one attached hydrogen (secondary N) is 1. The number of fused-ring (bicyclic) bond motifs is 1. The number of anilines is 1. The summed E-state index contributed by atoms with van der Waals surface area (Å²) < 4.78 is 27.7. The van der Waals surface area contributed by atoms with E-state index in [1.165, 1.54) is 6.07 Å². The fourth-order valence-corrected chi connectivity index (χ4v) is 3.42. The summed E-state index contributed by atoms with van der Waals surface area (Å²) in [4.78, 5) is 12.5. The second-order valence-electron chi connectivity index (χ2n) is 4.91. The quantitative estimate of drug-likeness (QED) is 0.802. The molecule has 0 aliphatic rings. The molecule has 2 aromatic heterocycles. The van der Waals surface area contributed by atoms with Crippen molar-refractivity contribution < 1.29 is 8.42 Å². The topological polar surface area (TPSA) is 84.8 Å². The molecule has 1 N–H and O–H groups in total. The number of rotatable bonds is 3. The summed E-state index contributed by atoms with van der Waals surface area (Å²) in [5.41, 5.74) is 2.02. The van der Waals surface area contributed by atoms with Gasteiger partial charge in [-0.25, -0.2) is 23.1 Å². The van der Waals surface area contributed by atoms with Crippen molar-refractivity contribution in [3.63, 3.8) is 0 Å². The van der Waals surface area contributed by atoms with Gasteiger partial charge in [-0.3, -0.25) is 4.98 Å². The summed E-state index contributed by atoms with van der Waals surface area (Å²) in [7, 11) is -3.79. The Morgan fingerprint density at radius 1 is 1.00 bits per heavy atom. The number of nitrogens with zero attached hydrogens (tertiary/aromatic N) is 3. The summed E-state index contributed by atoms with van der Waals surface area (Å²) in [6, 6.07) is 10.2. The lowest BCUT2D eigenvalue weighted by Gasteiger charge is -2.10. The number of hydrogen-bond acceptors (Lipinski definition) is 5. The van der Waals surface area contributed by atoms with Gasteiger partial charge in [0.25, 0.3) is 10.0 Å². The number of hydrogen-bond donors (Lipinski definition) is 1. The first-order valence-corrected chi connectivity index (χ1v) is 8.13. The van der Waals surface area contributed by atoms with Gasteiger partial charge in [0.2, 0.25) is 5.95 Å². The third kappa shape index (κ3) is 2.75. The minimum absolute atomic E-state index is 0.0680. The predicted molar refractivity (Wildman–Crippen MR) is 84.1 cm³/mol. The lowest BCUT2D eigenvalue weighted by Crippen LogP contribution is -2.16. The summed E-state index contributed by atoms with van der Waals surface area (Å²) in [6.07, 6.45) is 1.62. The first-order valence-electron chi connectivity index (χ1n) is 6.64. The Hall–Kier alpha value is -2.54. The van der Waals surface area contributed by atoms with Crippen LogP contribution < -0.4 is 4.72 Å². The van der Waals surface area contributed by atoms with E-state index in [9.17, 15) is 8.42 Å². The normalized spacial score (nSPS) is 11.5. The van der Waals surface area contributed by atoms with E-state index in [0.29, 0.717) is 22.3 Å². The molecule has 0 aliphatic carbocycles. The molecule has 0 bridgehead atoms. The largest absolute Gasteiger partial charge is 0.264 e. The fourth-order valence-electron chi connectivity index (χ4n) is 2.26. The minimum Gasteiger partial charge on any atom is -0.256 e. The SMILES string of the molecule is Cc1cc(C)nc(NS(=O)(=O)c2cccc3ncccc23)n1. The van der Waals surface area contributed by atoms with Crippen LogP contribution in [0.2, 0.25) is 0 Å². The van der Waals surface area contributed by atoms with Crippen LogP contribution in [0.3, 0.4) is 0 Å². The van der Waals surface area contributed by atoms with Gasteiger partial charge in [0.05, 0.1) is 10.4 Å². The van der Waals surface area contributed by atoms with E-state index in [2.05, 4.69) is 19.7 Å². The molecule has 0 fully saturated rings. The van der Waals surface area contributed by atoms with Crippen molar-refractivity contribution in [3.8, 4) is 0 Å². The average Bonchev–Trinajstić information content (AvgIpc) is 2.45. The van der Waals surface area contributed by atoms with Gasteiger partial charge in [-0.05, 0) is 44.2 Å². The Bertz CT molecular complexity index is 929. The Morgan fingerprint density at radius 3 is 2.45 bits per heavy atom. The average molecular weight is 314 g/mol. The Kier molecular flexibility index (Phi) is 3.50. The Balaban J connectivity index is 2.09. The maximum absolute atomic E-state index is 12.6. The zero-order chi connectivity index (χ0) is 15.7. The van der Waals surface area contributed by atoms with Crippen molar-refractivity contribution in [2.75, 3.05) is 4.72 Å². The van der Waals surface area contributed by atoms with Crippen molar-refractivity contribution in [2.45, 2.75) is 18.7 Å². The molecule has 6 nitrogen and oxygen atoms in total. The van der Waals surface area contributed by atoms with Gasteiger partial charge in [-0.1, -0.05) is 6.07 Å². The first kappa shape index (κ1) is 14.4. The minimum atomic E-state index is -3.79. The van der Waals surface area contributed by atoms with E-state index in [4.69, 9.17) is 0 Å². The molecular formula is C15H14N4O2S. The van der Waals surface area contributed by atoms with Crippen molar-refractivity contribution in [3.05, 3.63) is 54.0 Å². The van der Waals surface area contributed by atoms with Gasteiger partial charge in [-0.15, -0.1) is 0 Å². The van der Waals surface area contributed by atoms with E-state index in [1.54, 1.807) is 50.4 Å². The highest BCUT2D eigenvalue weighted by molar-refractivity contribution is 7.93. The van der Waals surface area contributed by atoms with Crippen molar-refractivity contribution >= 4 is 26.9 Å². The monoisotopic (exact) mass is 314 g/mol. The maximum Gasteiger partial charge on any atom is 0.264 e. The fraction of sp³-hybridized carbons (Fsp3) is 0.133. The van der Waals surface area contributed by atoms with Gasteiger partial charge in [0.15, 0.2) is 0 Å². The zero-order valence-corrected chi connectivity index (χ0v) is 12.9. The van der Waals surface area contributed by atoms with E-state index in [-0.39, 0.29) is 10.8 Å².